The summed E-state index contributed by atoms with van der Waals surface area (Å²) >= 11 is 0. The molecule has 1 saturated heterocycles. The second kappa shape index (κ2) is 10.2. The molecule has 1 aliphatic carbocycles. The summed E-state index contributed by atoms with van der Waals surface area (Å²) in [4.78, 5) is 17.9. The monoisotopic (exact) mass is 375 g/mol. The van der Waals surface area contributed by atoms with Gasteiger partial charge in [0.2, 0.25) is 0 Å². The number of hydrogen-bond acceptors (Lipinski definition) is 3. The molecule has 2 heterocycles. The van der Waals surface area contributed by atoms with Crippen LogP contribution in [0.2, 0.25) is 0 Å². The highest BCUT2D eigenvalue weighted by Gasteiger charge is 2.22. The number of amides is 2. The highest BCUT2D eigenvalue weighted by molar-refractivity contribution is 5.80. The molecule has 0 atom stereocenters. The van der Waals surface area contributed by atoms with Gasteiger partial charge < -0.3 is 25.7 Å². The van der Waals surface area contributed by atoms with Crippen molar-refractivity contribution in [2.45, 2.75) is 57.4 Å². The summed E-state index contributed by atoms with van der Waals surface area (Å²) in [7, 11) is 0. The fraction of sp³-hybridized carbons (Fsp3) is 0.700. The van der Waals surface area contributed by atoms with E-state index < -0.39 is 0 Å². The van der Waals surface area contributed by atoms with Gasteiger partial charge in [-0.05, 0) is 43.7 Å². The van der Waals surface area contributed by atoms with Crippen LogP contribution in [-0.2, 0) is 6.42 Å². The summed E-state index contributed by atoms with van der Waals surface area (Å²) in [5.41, 5.74) is 5.38. The third kappa shape index (κ3) is 6.48. The van der Waals surface area contributed by atoms with Gasteiger partial charge in [0.15, 0.2) is 5.96 Å². The largest absolute Gasteiger partial charge is 0.469 e. The average Bonchev–Trinajstić information content (AvgIpc) is 3.21. The van der Waals surface area contributed by atoms with Gasteiger partial charge in [-0.3, -0.25) is 4.99 Å². The molecule has 2 aliphatic rings. The van der Waals surface area contributed by atoms with E-state index in [-0.39, 0.29) is 6.03 Å². The first-order valence-corrected chi connectivity index (χ1v) is 10.3. The molecule has 1 aliphatic heterocycles. The number of aliphatic imine (C=N–C) groups is 1. The zero-order valence-electron chi connectivity index (χ0n) is 16.2. The lowest BCUT2D eigenvalue weighted by atomic mass is 9.89. The van der Waals surface area contributed by atoms with E-state index in [4.69, 9.17) is 15.1 Å². The number of carbonyl (C=O) groups is 1. The number of piperidine rings is 1. The van der Waals surface area contributed by atoms with E-state index in [0.29, 0.717) is 25.0 Å². The molecule has 2 fully saturated rings. The van der Waals surface area contributed by atoms with Gasteiger partial charge in [0.1, 0.15) is 5.76 Å². The summed E-state index contributed by atoms with van der Waals surface area (Å²) in [6, 6.07) is 3.91. The maximum absolute atomic E-state index is 11.3. The van der Waals surface area contributed by atoms with Crippen molar-refractivity contribution in [1.29, 1.82) is 0 Å². The number of likely N-dealkylation sites (tertiary alicyclic amines) is 1. The molecule has 1 aromatic rings. The summed E-state index contributed by atoms with van der Waals surface area (Å²) in [5, 5.41) is 7.02. The Morgan fingerprint density at radius 2 is 2.00 bits per heavy atom. The predicted octanol–water partition coefficient (Wildman–Crippen LogP) is 2.48. The topological polar surface area (TPSA) is 95.9 Å². The van der Waals surface area contributed by atoms with Gasteiger partial charge in [-0.1, -0.05) is 19.3 Å². The van der Waals surface area contributed by atoms with Gasteiger partial charge in [-0.2, -0.15) is 0 Å². The lowest BCUT2D eigenvalue weighted by Gasteiger charge is -2.32. The average molecular weight is 376 g/mol. The Balaban J connectivity index is 1.50. The minimum atomic E-state index is -0.323. The quantitative estimate of drug-likeness (QED) is 0.526. The Bertz CT molecular complexity index is 588. The molecule has 150 valence electrons. The van der Waals surface area contributed by atoms with Crippen LogP contribution >= 0.6 is 0 Å². The van der Waals surface area contributed by atoms with Gasteiger partial charge in [-0.15, -0.1) is 0 Å². The Labute approximate surface area is 161 Å². The van der Waals surface area contributed by atoms with Crippen molar-refractivity contribution in [3.63, 3.8) is 0 Å². The molecule has 0 unspecified atom stereocenters. The number of primary amides is 1. The maximum atomic E-state index is 11.3. The van der Waals surface area contributed by atoms with Gasteiger partial charge in [0, 0.05) is 38.6 Å². The molecule has 7 heteroatoms. The van der Waals surface area contributed by atoms with Crippen molar-refractivity contribution in [2.75, 3.05) is 26.2 Å². The molecule has 4 N–H and O–H groups in total. The van der Waals surface area contributed by atoms with E-state index in [1.54, 1.807) is 11.2 Å². The molecular formula is C20H33N5O2. The van der Waals surface area contributed by atoms with E-state index in [1.807, 2.05) is 12.1 Å². The molecule has 1 aromatic heterocycles. The number of guanidine groups is 1. The van der Waals surface area contributed by atoms with E-state index in [2.05, 4.69) is 10.6 Å². The second-order valence-electron chi connectivity index (χ2n) is 7.69. The Hall–Kier alpha value is -2.18. The van der Waals surface area contributed by atoms with Crippen LogP contribution in [0, 0.1) is 5.92 Å². The van der Waals surface area contributed by atoms with Crippen molar-refractivity contribution in [3.05, 3.63) is 24.2 Å². The molecule has 0 radical (unpaired) electrons. The van der Waals surface area contributed by atoms with Crippen LogP contribution < -0.4 is 16.4 Å². The van der Waals surface area contributed by atoms with Crippen LogP contribution in [0.1, 0.15) is 50.7 Å². The SMILES string of the molecule is NC(=O)N1CCC(NC(=NCC2CCCCC2)NCCc2ccco2)CC1. The van der Waals surface area contributed by atoms with Crippen molar-refractivity contribution < 1.29 is 9.21 Å². The minimum absolute atomic E-state index is 0.321. The molecule has 7 nitrogen and oxygen atoms in total. The minimum Gasteiger partial charge on any atom is -0.469 e. The molecular weight excluding hydrogens is 342 g/mol. The fourth-order valence-corrected chi connectivity index (χ4v) is 3.94. The molecule has 1 saturated carbocycles. The molecule has 0 spiro atoms. The van der Waals surface area contributed by atoms with Crippen molar-refractivity contribution in [3.8, 4) is 0 Å². The summed E-state index contributed by atoms with van der Waals surface area (Å²) in [6.07, 6.45) is 10.9. The zero-order chi connectivity index (χ0) is 18.9. The lowest BCUT2D eigenvalue weighted by molar-refractivity contribution is 0.188. The van der Waals surface area contributed by atoms with Crippen LogP contribution in [0.5, 0.6) is 0 Å². The van der Waals surface area contributed by atoms with Crippen LogP contribution in [0.4, 0.5) is 4.79 Å². The standard InChI is InChI=1S/C20H33N5O2/c21-19(26)25-12-9-17(10-13-25)24-20(22-11-8-18-7-4-14-27-18)23-15-16-5-2-1-3-6-16/h4,7,14,16-17H,1-3,5-6,8-13,15H2,(H2,21,26)(H2,22,23,24). The maximum Gasteiger partial charge on any atom is 0.314 e. The van der Waals surface area contributed by atoms with Gasteiger partial charge in [-0.25, -0.2) is 4.79 Å². The number of nitrogens with zero attached hydrogens (tertiary/aromatic N) is 2. The summed E-state index contributed by atoms with van der Waals surface area (Å²) in [6.45, 7) is 3.07. The first-order valence-electron chi connectivity index (χ1n) is 10.3. The van der Waals surface area contributed by atoms with Gasteiger partial charge >= 0.3 is 6.03 Å². The third-order valence-electron chi connectivity index (χ3n) is 5.62. The van der Waals surface area contributed by atoms with Crippen molar-refractivity contribution in [2.24, 2.45) is 16.6 Å². The number of nitrogens with one attached hydrogen (secondary N) is 2. The second-order valence-corrected chi connectivity index (χ2v) is 7.69. The molecule has 27 heavy (non-hydrogen) atoms. The Morgan fingerprint density at radius 3 is 2.67 bits per heavy atom. The van der Waals surface area contributed by atoms with E-state index in [9.17, 15) is 4.79 Å². The van der Waals surface area contributed by atoms with Crippen LogP contribution in [0.15, 0.2) is 27.8 Å². The molecule has 3 rings (SSSR count). The van der Waals surface area contributed by atoms with Crippen molar-refractivity contribution in [1.82, 2.24) is 15.5 Å². The van der Waals surface area contributed by atoms with E-state index in [0.717, 1.165) is 44.1 Å². The molecule has 0 aromatic carbocycles. The zero-order valence-corrected chi connectivity index (χ0v) is 16.2. The van der Waals surface area contributed by atoms with Crippen LogP contribution in [-0.4, -0.2) is 49.1 Å². The normalized spacial score (nSPS) is 19.9. The highest BCUT2D eigenvalue weighted by atomic mass is 16.3. The number of nitrogens with two attached hydrogens (primary N) is 1. The molecule has 0 bridgehead atoms. The number of urea groups is 1. The Morgan fingerprint density at radius 1 is 1.22 bits per heavy atom. The summed E-state index contributed by atoms with van der Waals surface area (Å²) < 4.78 is 5.41. The van der Waals surface area contributed by atoms with Crippen LogP contribution in [0.3, 0.4) is 0 Å². The number of rotatable bonds is 6. The van der Waals surface area contributed by atoms with Crippen LogP contribution in [0.25, 0.3) is 0 Å². The highest BCUT2D eigenvalue weighted by Crippen LogP contribution is 2.23. The van der Waals surface area contributed by atoms with Gasteiger partial charge in [0.05, 0.1) is 6.26 Å². The van der Waals surface area contributed by atoms with E-state index in [1.165, 1.54) is 32.1 Å². The number of carbonyl (C=O) groups excluding carboxylic acids is 1. The number of furan rings is 1. The molecule has 2 amide bonds. The van der Waals surface area contributed by atoms with Gasteiger partial charge in [0.25, 0.3) is 0 Å². The Kier molecular flexibility index (Phi) is 7.42. The fourth-order valence-electron chi connectivity index (χ4n) is 3.94. The van der Waals surface area contributed by atoms with Crippen molar-refractivity contribution >= 4 is 12.0 Å². The predicted molar refractivity (Wildman–Crippen MR) is 107 cm³/mol. The van der Waals surface area contributed by atoms with E-state index >= 15 is 0 Å². The first kappa shape index (κ1) is 19.6. The first-order chi connectivity index (χ1) is 13.2. The number of hydrogen-bond donors (Lipinski definition) is 3. The lowest BCUT2D eigenvalue weighted by Crippen LogP contribution is -2.51. The summed E-state index contributed by atoms with van der Waals surface area (Å²) in [5.74, 6) is 2.56. The smallest absolute Gasteiger partial charge is 0.314 e. The third-order valence-corrected chi connectivity index (χ3v) is 5.62.